The van der Waals surface area contributed by atoms with Crippen molar-refractivity contribution in [2.75, 3.05) is 7.11 Å². The second kappa shape index (κ2) is 4.82. The van der Waals surface area contributed by atoms with Crippen molar-refractivity contribution in [3.63, 3.8) is 0 Å². The number of aromatic hydroxyl groups is 1. The van der Waals surface area contributed by atoms with Crippen molar-refractivity contribution in [3.05, 3.63) is 36.8 Å². The Kier molecular flexibility index (Phi) is 4.33. The second-order valence-electron chi connectivity index (χ2n) is 1.67. The smallest absolute Gasteiger partial charge is 0.115 e. The van der Waals surface area contributed by atoms with Crippen LogP contribution in [0.3, 0.4) is 0 Å². The van der Waals surface area contributed by atoms with Gasteiger partial charge in [-0.25, -0.2) is 5.11 Å². The maximum Gasteiger partial charge on any atom is 0.115 e. The van der Waals surface area contributed by atoms with Crippen molar-refractivity contribution in [3.8, 4) is 5.75 Å². The van der Waals surface area contributed by atoms with Crippen LogP contribution in [0.1, 0.15) is 5.56 Å². The average Bonchev–Trinajstić information content (AvgIpc) is 2.00. The van der Waals surface area contributed by atoms with Crippen molar-refractivity contribution in [2.24, 2.45) is 0 Å². The highest BCUT2D eigenvalue weighted by Crippen LogP contribution is 2.07. The molecule has 1 N–H and O–H groups in total. The molecule has 0 aliphatic rings. The van der Waals surface area contributed by atoms with Gasteiger partial charge in [0.05, 0.1) is 7.11 Å². The number of rotatable bonds is 0. The lowest BCUT2D eigenvalue weighted by Crippen LogP contribution is -1.66. The first-order chi connectivity index (χ1) is 4.79. The molecule has 0 aliphatic carbocycles. The summed E-state index contributed by atoms with van der Waals surface area (Å²) in [6.45, 7) is 3.65. The summed E-state index contributed by atoms with van der Waals surface area (Å²) in [5.74, 6) is 0.289. The lowest BCUT2D eigenvalue weighted by Gasteiger charge is -1.89. The van der Waals surface area contributed by atoms with Gasteiger partial charge in [-0.3, -0.25) is 0 Å². The number of phenols is 1. The Hall–Kier alpha value is -1.02. The molecule has 0 aliphatic heterocycles. The molecule has 1 rings (SSSR count). The summed E-state index contributed by atoms with van der Waals surface area (Å²) in [6, 6.07) is 6.75. The lowest BCUT2D eigenvalue weighted by molar-refractivity contribution is 0.282. The molecule has 1 aromatic carbocycles. The van der Waals surface area contributed by atoms with Crippen molar-refractivity contribution in [1.29, 1.82) is 0 Å². The number of phenolic OH excluding ortho intramolecular Hbond substituents is 1. The molecule has 2 radical (unpaired) electrons. The summed E-state index contributed by atoms with van der Waals surface area (Å²) in [4.78, 5) is 0. The zero-order chi connectivity index (χ0) is 7.98. The van der Waals surface area contributed by atoms with Crippen molar-refractivity contribution in [2.45, 2.75) is 0 Å². The highest BCUT2D eigenvalue weighted by molar-refractivity contribution is 5.27. The molecule has 1 aromatic rings. The molecule has 0 atom stereocenters. The van der Waals surface area contributed by atoms with Gasteiger partial charge in [0.2, 0.25) is 0 Å². The monoisotopic (exact) mass is 138 g/mol. The van der Waals surface area contributed by atoms with Crippen LogP contribution in [0.15, 0.2) is 24.3 Å². The van der Waals surface area contributed by atoms with E-state index in [1.54, 1.807) is 24.3 Å². The number of hydrogen-bond acceptors (Lipinski definition) is 1. The molecule has 0 bridgehead atoms. The molecule has 2 nitrogen and oxygen atoms in total. The van der Waals surface area contributed by atoms with E-state index in [2.05, 4.69) is 6.92 Å². The number of hydrogen-bond donors (Lipinski definition) is 1. The molecule has 0 amide bonds. The summed E-state index contributed by atoms with van der Waals surface area (Å²) >= 11 is 0. The largest absolute Gasteiger partial charge is 0.508 e. The van der Waals surface area contributed by atoms with Crippen LogP contribution in [0.2, 0.25) is 0 Å². The standard InChI is InChI=1S/C7H7O.CH3O/c1-6-2-4-7(8)5-3-6;1-2/h2-5,8H,1H2;1H3. The maximum atomic E-state index is 8.73. The van der Waals surface area contributed by atoms with Crippen molar-refractivity contribution in [1.82, 2.24) is 0 Å². The molecule has 0 fully saturated rings. The predicted octanol–water partition coefficient (Wildman–Crippen LogP) is 1.62. The fraction of sp³-hybridized carbons (Fsp3) is 0.125. The van der Waals surface area contributed by atoms with Crippen LogP contribution in [0, 0.1) is 6.92 Å². The first-order valence-corrected chi connectivity index (χ1v) is 2.81. The van der Waals surface area contributed by atoms with E-state index in [0.717, 1.165) is 12.7 Å². The fourth-order valence-corrected chi connectivity index (χ4v) is 0.496. The molecule has 0 saturated carbocycles. The molecule has 0 aromatic heterocycles. The molecule has 0 saturated heterocycles. The summed E-state index contributed by atoms with van der Waals surface area (Å²) in [7, 11) is 0.750. The Morgan fingerprint density at radius 1 is 1.20 bits per heavy atom. The summed E-state index contributed by atoms with van der Waals surface area (Å²) in [5.41, 5.74) is 0.919. The first-order valence-electron chi connectivity index (χ1n) is 2.81. The van der Waals surface area contributed by atoms with E-state index in [0.29, 0.717) is 0 Å². The summed E-state index contributed by atoms with van der Waals surface area (Å²) in [6.07, 6.45) is 0. The molecule has 2 heteroatoms. The van der Waals surface area contributed by atoms with Gasteiger partial charge in [0, 0.05) is 0 Å². The zero-order valence-electron chi connectivity index (χ0n) is 5.87. The Labute approximate surface area is 60.8 Å². The van der Waals surface area contributed by atoms with E-state index >= 15 is 0 Å². The Balaban J connectivity index is 0.000000371. The molecule has 54 valence electrons. The third-order valence-corrected chi connectivity index (χ3v) is 0.936. The minimum absolute atomic E-state index is 0.289. The normalized spacial score (nSPS) is 7.90. The third-order valence-electron chi connectivity index (χ3n) is 0.936. The van der Waals surface area contributed by atoms with E-state index in [1.807, 2.05) is 0 Å². The minimum atomic E-state index is 0.289. The summed E-state index contributed by atoms with van der Waals surface area (Å²) < 4.78 is 0. The van der Waals surface area contributed by atoms with E-state index in [9.17, 15) is 0 Å². The highest BCUT2D eigenvalue weighted by Gasteiger charge is 1.82. The van der Waals surface area contributed by atoms with Gasteiger partial charge in [0.1, 0.15) is 5.75 Å². The number of benzene rings is 1. The van der Waals surface area contributed by atoms with Gasteiger partial charge in [0.15, 0.2) is 0 Å². The quantitative estimate of drug-likeness (QED) is 0.581. The van der Waals surface area contributed by atoms with Crippen LogP contribution in [0.25, 0.3) is 0 Å². The van der Waals surface area contributed by atoms with Crippen molar-refractivity contribution < 1.29 is 10.2 Å². The summed E-state index contributed by atoms with van der Waals surface area (Å²) in [5, 5.41) is 17.0. The van der Waals surface area contributed by atoms with E-state index in [1.165, 1.54) is 0 Å². The SMILES string of the molecule is C[O].[CH2]c1ccc(O)cc1. The highest BCUT2D eigenvalue weighted by atomic mass is 16.3. The zero-order valence-corrected chi connectivity index (χ0v) is 5.87. The van der Waals surface area contributed by atoms with Crippen LogP contribution in [0.4, 0.5) is 0 Å². The average molecular weight is 138 g/mol. The fourth-order valence-electron chi connectivity index (χ4n) is 0.496. The van der Waals surface area contributed by atoms with Gasteiger partial charge >= 0.3 is 0 Å². The van der Waals surface area contributed by atoms with Gasteiger partial charge in [-0.05, 0) is 24.6 Å². The third kappa shape index (κ3) is 3.10. The van der Waals surface area contributed by atoms with Gasteiger partial charge in [-0.15, -0.1) is 0 Å². The van der Waals surface area contributed by atoms with E-state index in [-0.39, 0.29) is 5.75 Å². The second-order valence-corrected chi connectivity index (χ2v) is 1.67. The van der Waals surface area contributed by atoms with E-state index < -0.39 is 0 Å². The van der Waals surface area contributed by atoms with Crippen LogP contribution < -0.4 is 0 Å². The van der Waals surface area contributed by atoms with Gasteiger partial charge in [0.25, 0.3) is 0 Å². The first kappa shape index (κ1) is 8.98. The molecule has 0 heterocycles. The van der Waals surface area contributed by atoms with Crippen molar-refractivity contribution >= 4 is 0 Å². The molecule has 0 unspecified atom stereocenters. The van der Waals surface area contributed by atoms with Gasteiger partial charge in [-0.2, -0.15) is 0 Å². The van der Waals surface area contributed by atoms with Gasteiger partial charge < -0.3 is 5.11 Å². The Bertz CT molecular complexity index is 146. The molecular formula is C8H10O2. The minimum Gasteiger partial charge on any atom is -0.508 e. The van der Waals surface area contributed by atoms with Crippen LogP contribution in [-0.2, 0) is 5.11 Å². The molecular weight excluding hydrogens is 128 g/mol. The van der Waals surface area contributed by atoms with E-state index in [4.69, 9.17) is 10.2 Å². The maximum absolute atomic E-state index is 8.73. The van der Waals surface area contributed by atoms with Crippen LogP contribution in [-0.4, -0.2) is 12.2 Å². The lowest BCUT2D eigenvalue weighted by atomic mass is 10.2. The van der Waals surface area contributed by atoms with Crippen LogP contribution >= 0.6 is 0 Å². The molecule has 10 heavy (non-hydrogen) atoms. The molecule has 0 spiro atoms. The Morgan fingerprint density at radius 2 is 1.60 bits per heavy atom. The topological polar surface area (TPSA) is 40.1 Å². The Morgan fingerprint density at radius 3 is 1.90 bits per heavy atom. The predicted molar refractivity (Wildman–Crippen MR) is 39.2 cm³/mol. The van der Waals surface area contributed by atoms with Gasteiger partial charge in [-0.1, -0.05) is 12.1 Å². The van der Waals surface area contributed by atoms with Crippen LogP contribution in [0.5, 0.6) is 5.75 Å².